The lowest BCUT2D eigenvalue weighted by molar-refractivity contribution is -0.256. The minimum atomic E-state index is -1.39. The van der Waals surface area contributed by atoms with Crippen molar-refractivity contribution >= 4 is 29.8 Å². The van der Waals surface area contributed by atoms with Crippen LogP contribution in [0.2, 0.25) is 0 Å². The van der Waals surface area contributed by atoms with Gasteiger partial charge >= 0.3 is 23.9 Å². The van der Waals surface area contributed by atoms with Crippen LogP contribution < -0.4 is 5.32 Å². The molecule has 0 aromatic rings. The van der Waals surface area contributed by atoms with Crippen LogP contribution in [0.3, 0.4) is 0 Å². The molecule has 2 aliphatic rings. The summed E-state index contributed by atoms with van der Waals surface area (Å²) in [6.07, 6.45) is 8.05. The van der Waals surface area contributed by atoms with Gasteiger partial charge in [-0.2, -0.15) is 0 Å². The van der Waals surface area contributed by atoms with Crippen molar-refractivity contribution in [2.24, 2.45) is 5.41 Å². The lowest BCUT2D eigenvalue weighted by atomic mass is 9.72. The van der Waals surface area contributed by atoms with E-state index < -0.39 is 67.0 Å². The lowest BCUT2D eigenvalue weighted by Gasteiger charge is -2.44. The van der Waals surface area contributed by atoms with Crippen molar-refractivity contribution in [2.45, 2.75) is 112 Å². The van der Waals surface area contributed by atoms with Crippen LogP contribution in [0, 0.1) is 5.41 Å². The first-order valence-corrected chi connectivity index (χ1v) is 15.0. The highest BCUT2D eigenvalue weighted by Crippen LogP contribution is 2.40. The van der Waals surface area contributed by atoms with Gasteiger partial charge in [-0.3, -0.25) is 24.0 Å². The normalized spacial score (nSPS) is 25.6. The Bertz CT molecular complexity index is 1290. The SMILES string of the molecule is CC(=O)OC[C@H]1OC(NC(=O)C=C(C)C=CC=C(C)C=CC2=C(C)CCCC2(C)C)[C@H](OC(C)=O)[C@@H](OC(C)=O)[C@@H]1OC(C)=O. The molecule has 1 heterocycles. The van der Waals surface area contributed by atoms with Crippen molar-refractivity contribution in [1.82, 2.24) is 5.32 Å². The molecule has 1 amide bonds. The number of allylic oxidation sites excluding steroid dienone is 9. The second-order valence-electron chi connectivity index (χ2n) is 12.1. The van der Waals surface area contributed by atoms with Crippen LogP contribution in [-0.2, 0) is 47.7 Å². The number of carbonyl (C=O) groups is 5. The van der Waals surface area contributed by atoms with E-state index >= 15 is 0 Å². The molecular weight excluding hydrogens is 582 g/mol. The minimum Gasteiger partial charge on any atom is -0.463 e. The summed E-state index contributed by atoms with van der Waals surface area (Å²) in [5, 5.41) is 2.61. The molecular formula is C34H47NO10. The standard InChI is InChI=1S/C34H47NO10/c1-20(15-16-27-22(3)14-11-17-34(27,8)9)12-10-13-21(2)18-29(40)35-33-32(44-26(7)39)31(43-25(6)38)30(42-24(5)37)28(45-33)19-41-23(4)36/h10,12-13,15-16,18,28,30-33H,11,14,17,19H2,1-9H3,(H,35,40)/t28-,30-,31+,32-,33?/m1/s1. The molecule has 0 spiro atoms. The van der Waals surface area contributed by atoms with Crippen LogP contribution in [0.1, 0.15) is 81.6 Å². The highest BCUT2D eigenvalue weighted by molar-refractivity contribution is 5.88. The highest BCUT2D eigenvalue weighted by atomic mass is 16.7. The van der Waals surface area contributed by atoms with Crippen molar-refractivity contribution in [2.75, 3.05) is 6.61 Å². The number of carbonyl (C=O) groups excluding carboxylic acids is 5. The van der Waals surface area contributed by atoms with Crippen LogP contribution >= 0.6 is 0 Å². The second-order valence-corrected chi connectivity index (χ2v) is 12.1. The van der Waals surface area contributed by atoms with Gasteiger partial charge in [0.1, 0.15) is 12.7 Å². The van der Waals surface area contributed by atoms with Crippen molar-refractivity contribution in [3.8, 4) is 0 Å². The maximum atomic E-state index is 13.0. The van der Waals surface area contributed by atoms with Gasteiger partial charge in [0.2, 0.25) is 5.91 Å². The molecule has 0 aromatic heterocycles. The monoisotopic (exact) mass is 629 g/mol. The average Bonchev–Trinajstić information content (AvgIpc) is 2.89. The van der Waals surface area contributed by atoms with Crippen molar-refractivity contribution in [1.29, 1.82) is 0 Å². The van der Waals surface area contributed by atoms with Gasteiger partial charge in [0.05, 0.1) is 0 Å². The van der Waals surface area contributed by atoms with E-state index in [1.807, 2.05) is 19.1 Å². The number of ether oxygens (including phenoxy) is 5. The van der Waals surface area contributed by atoms with E-state index in [1.54, 1.807) is 13.0 Å². The van der Waals surface area contributed by atoms with Gasteiger partial charge in [-0.15, -0.1) is 0 Å². The molecule has 11 nitrogen and oxygen atoms in total. The number of rotatable bonds is 11. The summed E-state index contributed by atoms with van der Waals surface area (Å²) in [5.41, 5.74) is 4.60. The third-order valence-corrected chi connectivity index (χ3v) is 7.41. The molecule has 1 aliphatic carbocycles. The smallest absolute Gasteiger partial charge is 0.303 e. The largest absolute Gasteiger partial charge is 0.463 e. The van der Waals surface area contributed by atoms with Gasteiger partial charge in [0.25, 0.3) is 0 Å². The van der Waals surface area contributed by atoms with Gasteiger partial charge in [-0.25, -0.2) is 0 Å². The number of nitrogens with one attached hydrogen (secondary N) is 1. The topological polar surface area (TPSA) is 144 Å². The van der Waals surface area contributed by atoms with Crippen molar-refractivity contribution in [3.05, 3.63) is 58.7 Å². The molecule has 0 bridgehead atoms. The molecule has 0 radical (unpaired) electrons. The van der Waals surface area contributed by atoms with Crippen LogP contribution in [0.5, 0.6) is 0 Å². The van der Waals surface area contributed by atoms with E-state index in [-0.39, 0.29) is 5.41 Å². The Hall–Kier alpha value is -3.99. The Labute approximate surface area is 265 Å². The van der Waals surface area contributed by atoms with Crippen LogP contribution in [0.25, 0.3) is 0 Å². The zero-order valence-corrected chi connectivity index (χ0v) is 27.8. The first kappa shape index (κ1) is 37.2. The molecule has 1 saturated heterocycles. The molecule has 248 valence electrons. The Morgan fingerprint density at radius 1 is 0.844 bits per heavy atom. The number of amides is 1. The quantitative estimate of drug-likeness (QED) is 0.148. The number of hydrogen-bond acceptors (Lipinski definition) is 10. The second kappa shape index (κ2) is 16.9. The third kappa shape index (κ3) is 12.1. The molecule has 0 saturated carbocycles. The summed E-state index contributed by atoms with van der Waals surface area (Å²) in [7, 11) is 0. The maximum Gasteiger partial charge on any atom is 0.303 e. The fourth-order valence-electron chi connectivity index (χ4n) is 5.41. The summed E-state index contributed by atoms with van der Waals surface area (Å²) in [6.45, 7) is 14.7. The van der Waals surface area contributed by atoms with E-state index in [4.69, 9.17) is 23.7 Å². The van der Waals surface area contributed by atoms with Gasteiger partial charge in [-0.05, 0) is 56.6 Å². The summed E-state index contributed by atoms with van der Waals surface area (Å²) in [6, 6.07) is 0. The molecule has 11 heteroatoms. The molecule has 2 rings (SSSR count). The zero-order valence-electron chi connectivity index (χ0n) is 27.8. The van der Waals surface area contributed by atoms with E-state index in [0.717, 1.165) is 39.2 Å². The summed E-state index contributed by atoms with van der Waals surface area (Å²) in [5.74, 6) is -3.50. The van der Waals surface area contributed by atoms with Gasteiger partial charge < -0.3 is 29.0 Å². The average molecular weight is 630 g/mol. The van der Waals surface area contributed by atoms with E-state index in [2.05, 4.69) is 38.2 Å². The predicted octanol–water partition coefficient (Wildman–Crippen LogP) is 4.72. The molecule has 5 atom stereocenters. The van der Waals surface area contributed by atoms with Crippen molar-refractivity contribution in [3.63, 3.8) is 0 Å². The Balaban J connectivity index is 2.25. The van der Waals surface area contributed by atoms with Crippen molar-refractivity contribution < 1.29 is 47.7 Å². The van der Waals surface area contributed by atoms with Crippen LogP contribution in [0.4, 0.5) is 0 Å². The molecule has 1 fully saturated rings. The molecule has 1 unspecified atom stereocenters. The van der Waals surface area contributed by atoms with Gasteiger partial charge in [0.15, 0.2) is 24.5 Å². The summed E-state index contributed by atoms with van der Waals surface area (Å²) < 4.78 is 27.1. The first-order chi connectivity index (χ1) is 21.0. The third-order valence-electron chi connectivity index (χ3n) is 7.41. The first-order valence-electron chi connectivity index (χ1n) is 15.0. The minimum absolute atomic E-state index is 0.151. The lowest BCUT2D eigenvalue weighted by Crippen LogP contribution is -2.66. The number of esters is 4. The highest BCUT2D eigenvalue weighted by Gasteiger charge is 2.52. The number of hydrogen-bond donors (Lipinski definition) is 1. The maximum absolute atomic E-state index is 13.0. The fraction of sp³-hybridized carbons (Fsp3) is 0.559. The Morgan fingerprint density at radius 2 is 1.44 bits per heavy atom. The Morgan fingerprint density at radius 3 is 2.02 bits per heavy atom. The molecule has 0 aromatic carbocycles. The van der Waals surface area contributed by atoms with E-state index in [0.29, 0.717) is 5.57 Å². The fourth-order valence-corrected chi connectivity index (χ4v) is 5.41. The van der Waals surface area contributed by atoms with Gasteiger partial charge in [0, 0.05) is 33.8 Å². The summed E-state index contributed by atoms with van der Waals surface area (Å²) >= 11 is 0. The van der Waals surface area contributed by atoms with Gasteiger partial charge in [-0.1, -0.05) is 55.4 Å². The van der Waals surface area contributed by atoms with E-state index in [1.165, 1.54) is 30.6 Å². The molecule has 1 N–H and O–H groups in total. The molecule has 45 heavy (non-hydrogen) atoms. The van der Waals surface area contributed by atoms with Crippen LogP contribution in [-0.4, -0.2) is 67.0 Å². The Kier molecular flexibility index (Phi) is 14.0. The molecule has 1 aliphatic heterocycles. The summed E-state index contributed by atoms with van der Waals surface area (Å²) in [4.78, 5) is 60.4. The van der Waals surface area contributed by atoms with Crippen LogP contribution in [0.15, 0.2) is 58.7 Å². The van der Waals surface area contributed by atoms with E-state index in [9.17, 15) is 24.0 Å². The zero-order chi connectivity index (χ0) is 33.9. The predicted molar refractivity (Wildman–Crippen MR) is 166 cm³/mol.